The third kappa shape index (κ3) is 9.88. The molecule has 0 aliphatic heterocycles. The third-order valence-corrected chi connectivity index (χ3v) is 8.22. The first kappa shape index (κ1) is 32.1. The molecule has 3 aromatic rings. The van der Waals surface area contributed by atoms with Crippen molar-refractivity contribution in [1.82, 2.24) is 10.2 Å². The van der Waals surface area contributed by atoms with Crippen LogP contribution in [0.3, 0.4) is 0 Å². The largest absolute Gasteiger partial charge is 0.497 e. The van der Waals surface area contributed by atoms with Crippen molar-refractivity contribution < 1.29 is 32.7 Å². The Morgan fingerprint density at radius 2 is 1.56 bits per heavy atom. The number of benzene rings is 3. The lowest BCUT2D eigenvalue weighted by molar-refractivity contribution is -0.147. The van der Waals surface area contributed by atoms with Gasteiger partial charge in [0.1, 0.15) is 24.7 Å². The molecule has 10 heteroatoms. The molecule has 0 aliphatic carbocycles. The average Bonchev–Trinajstić information content (AvgIpc) is 2.95. The number of amides is 2. The Hall–Kier alpha value is -3.39. The van der Waals surface area contributed by atoms with Crippen LogP contribution in [0.5, 0.6) is 5.75 Å². The van der Waals surface area contributed by atoms with E-state index in [0.29, 0.717) is 6.54 Å². The van der Waals surface area contributed by atoms with Crippen LogP contribution in [0.2, 0.25) is 0 Å². The summed E-state index contributed by atoms with van der Waals surface area (Å²) in [5, 5.41) is 4.81. The van der Waals surface area contributed by atoms with E-state index in [1.807, 2.05) is 80.6 Å². The zero-order valence-electron chi connectivity index (χ0n) is 24.5. The Kier molecular flexibility index (Phi) is 12.2. The SMILES string of the molecule is CCOP(=O)(CN(CC(C)C)C(=O)N[C@@H](Cc1ccc2cc(OC)ccc2c1)C(=O)OCc1ccccc1)OCC. The Morgan fingerprint density at radius 1 is 0.902 bits per heavy atom. The van der Waals surface area contributed by atoms with Crippen molar-refractivity contribution in [1.29, 1.82) is 0 Å². The monoisotopic (exact) mass is 584 g/mol. The summed E-state index contributed by atoms with van der Waals surface area (Å²) in [6.07, 6.45) is -0.0340. The number of carbonyl (C=O) groups is 2. The van der Waals surface area contributed by atoms with Crippen molar-refractivity contribution in [3.05, 3.63) is 77.9 Å². The summed E-state index contributed by atoms with van der Waals surface area (Å²) in [7, 11) is -1.95. The molecule has 0 spiro atoms. The summed E-state index contributed by atoms with van der Waals surface area (Å²) in [6.45, 7) is 8.05. The molecule has 0 bridgehead atoms. The van der Waals surface area contributed by atoms with Gasteiger partial charge in [-0.25, -0.2) is 9.59 Å². The molecule has 0 saturated carbocycles. The molecular formula is C31H41N2O7P. The standard InChI is InChI=1S/C31H41N2O7P/c1-6-39-41(36,40-7-2)22-33(20-23(3)4)31(35)32-29(30(34)38-21-24-11-9-8-10-12-24)18-25-13-14-27-19-28(37-5)16-15-26(27)17-25/h8-17,19,23,29H,6-7,18,20-22H2,1-5H3,(H,32,35)/t29-/m0/s1. The molecule has 3 rings (SSSR count). The van der Waals surface area contributed by atoms with Crippen molar-refractivity contribution in [2.45, 2.75) is 46.8 Å². The normalized spacial score (nSPS) is 12.2. The molecule has 3 aromatic carbocycles. The Morgan fingerprint density at radius 3 is 2.20 bits per heavy atom. The molecule has 0 unspecified atom stereocenters. The van der Waals surface area contributed by atoms with Gasteiger partial charge in [0.15, 0.2) is 0 Å². The average molecular weight is 585 g/mol. The van der Waals surface area contributed by atoms with Gasteiger partial charge < -0.3 is 28.7 Å². The molecule has 1 N–H and O–H groups in total. The van der Waals surface area contributed by atoms with Gasteiger partial charge in [-0.15, -0.1) is 0 Å². The summed E-state index contributed by atoms with van der Waals surface area (Å²) >= 11 is 0. The summed E-state index contributed by atoms with van der Waals surface area (Å²) < 4.78 is 35.1. The third-order valence-electron chi connectivity index (χ3n) is 6.23. The van der Waals surface area contributed by atoms with Crippen molar-refractivity contribution in [3.8, 4) is 5.75 Å². The van der Waals surface area contributed by atoms with Crippen LogP contribution in [0.15, 0.2) is 66.7 Å². The summed E-state index contributed by atoms with van der Waals surface area (Å²) in [4.78, 5) is 28.3. The van der Waals surface area contributed by atoms with E-state index in [2.05, 4.69) is 5.32 Å². The Bertz CT molecular complexity index is 1320. The lowest BCUT2D eigenvalue weighted by Gasteiger charge is -2.30. The van der Waals surface area contributed by atoms with Crippen LogP contribution in [-0.2, 0) is 36.2 Å². The molecule has 2 amide bonds. The zero-order valence-corrected chi connectivity index (χ0v) is 25.4. The molecule has 9 nitrogen and oxygen atoms in total. The van der Waals surface area contributed by atoms with Gasteiger partial charge in [0.25, 0.3) is 0 Å². The molecule has 222 valence electrons. The van der Waals surface area contributed by atoms with Crippen LogP contribution >= 0.6 is 7.60 Å². The van der Waals surface area contributed by atoms with Crippen LogP contribution < -0.4 is 10.1 Å². The second-order valence-electron chi connectivity index (χ2n) is 10.1. The van der Waals surface area contributed by atoms with Crippen molar-refractivity contribution in [2.24, 2.45) is 5.92 Å². The first-order valence-electron chi connectivity index (χ1n) is 13.9. The molecule has 1 atom stereocenters. The second kappa shape index (κ2) is 15.6. The van der Waals surface area contributed by atoms with Gasteiger partial charge in [-0.3, -0.25) is 4.57 Å². The van der Waals surface area contributed by atoms with Gasteiger partial charge >= 0.3 is 19.6 Å². The number of nitrogens with one attached hydrogen (secondary N) is 1. The van der Waals surface area contributed by atoms with Crippen molar-refractivity contribution >= 4 is 30.4 Å². The molecule has 0 saturated heterocycles. The number of fused-ring (bicyclic) bond motifs is 1. The number of carbonyl (C=O) groups excluding carboxylic acids is 2. The maximum Gasteiger partial charge on any atom is 0.349 e. The first-order chi connectivity index (χ1) is 19.7. The summed E-state index contributed by atoms with van der Waals surface area (Å²) in [5.74, 6) is 0.249. The maximum absolute atomic E-state index is 13.6. The van der Waals surface area contributed by atoms with Gasteiger partial charge in [-0.05, 0) is 53.8 Å². The van der Waals surface area contributed by atoms with E-state index in [0.717, 1.165) is 27.6 Å². The Balaban J connectivity index is 1.85. The number of methoxy groups -OCH3 is 1. The number of rotatable bonds is 15. The predicted molar refractivity (Wildman–Crippen MR) is 160 cm³/mol. The van der Waals surface area contributed by atoms with Crippen LogP contribution in [-0.4, -0.2) is 56.1 Å². The topological polar surface area (TPSA) is 103 Å². The summed E-state index contributed by atoms with van der Waals surface area (Å²) in [5.41, 5.74) is 1.68. The molecule has 0 aliphatic rings. The Labute approximate surface area is 242 Å². The highest BCUT2D eigenvalue weighted by molar-refractivity contribution is 7.53. The minimum Gasteiger partial charge on any atom is -0.497 e. The first-order valence-corrected chi connectivity index (χ1v) is 15.6. The van der Waals surface area contributed by atoms with Gasteiger partial charge in [0.05, 0.1) is 20.3 Å². The highest BCUT2D eigenvalue weighted by Crippen LogP contribution is 2.48. The van der Waals surface area contributed by atoms with Gasteiger partial charge in [0, 0.05) is 13.0 Å². The summed E-state index contributed by atoms with van der Waals surface area (Å²) in [6, 6.07) is 19.4. The predicted octanol–water partition coefficient (Wildman–Crippen LogP) is 6.39. The van der Waals surface area contributed by atoms with Crippen molar-refractivity contribution in [2.75, 3.05) is 33.2 Å². The zero-order chi connectivity index (χ0) is 29.8. The van der Waals surface area contributed by atoms with Crippen LogP contribution in [0.4, 0.5) is 4.79 Å². The number of hydrogen-bond acceptors (Lipinski definition) is 7. The minimum atomic E-state index is -3.57. The van der Waals surface area contributed by atoms with Crippen LogP contribution in [0.1, 0.15) is 38.8 Å². The van der Waals surface area contributed by atoms with E-state index >= 15 is 0 Å². The number of esters is 1. The lowest BCUT2D eigenvalue weighted by atomic mass is 10.0. The number of hydrogen-bond donors (Lipinski definition) is 1. The lowest BCUT2D eigenvalue weighted by Crippen LogP contribution is -2.50. The molecule has 41 heavy (non-hydrogen) atoms. The number of ether oxygens (including phenoxy) is 2. The molecule has 0 heterocycles. The van der Waals surface area contributed by atoms with Gasteiger partial charge in [-0.1, -0.05) is 68.4 Å². The van der Waals surface area contributed by atoms with E-state index in [1.54, 1.807) is 21.0 Å². The highest BCUT2D eigenvalue weighted by Gasteiger charge is 2.32. The molecular weight excluding hydrogens is 543 g/mol. The fraction of sp³-hybridized carbons (Fsp3) is 0.419. The van der Waals surface area contributed by atoms with Crippen LogP contribution in [0, 0.1) is 5.92 Å². The quantitative estimate of drug-likeness (QED) is 0.163. The fourth-order valence-electron chi connectivity index (χ4n) is 4.39. The van der Waals surface area contributed by atoms with E-state index in [4.69, 9.17) is 18.5 Å². The van der Waals surface area contributed by atoms with Crippen molar-refractivity contribution in [3.63, 3.8) is 0 Å². The van der Waals surface area contributed by atoms with Crippen LogP contribution in [0.25, 0.3) is 10.8 Å². The second-order valence-corrected chi connectivity index (χ2v) is 12.1. The van der Waals surface area contributed by atoms with Gasteiger partial charge in [-0.2, -0.15) is 0 Å². The molecule has 0 fully saturated rings. The molecule has 0 radical (unpaired) electrons. The van der Waals surface area contributed by atoms with E-state index < -0.39 is 25.6 Å². The number of nitrogens with zero attached hydrogens (tertiary/aromatic N) is 1. The minimum absolute atomic E-state index is 0.0680. The van der Waals surface area contributed by atoms with Gasteiger partial charge in [0.2, 0.25) is 0 Å². The highest BCUT2D eigenvalue weighted by atomic mass is 31.2. The smallest absolute Gasteiger partial charge is 0.349 e. The maximum atomic E-state index is 13.6. The number of urea groups is 1. The van der Waals surface area contributed by atoms with E-state index in [-0.39, 0.29) is 38.4 Å². The fourth-order valence-corrected chi connectivity index (χ4v) is 6.08. The van der Waals surface area contributed by atoms with E-state index in [9.17, 15) is 14.2 Å². The van der Waals surface area contributed by atoms with E-state index in [1.165, 1.54) is 4.90 Å². The molecule has 0 aromatic heterocycles.